The Bertz CT molecular complexity index is 1010. The number of rotatable bonds is 4. The smallest absolute Gasteiger partial charge is 0.348 e. The molecule has 136 valence electrons. The minimum atomic E-state index is -0.427. The first-order chi connectivity index (χ1) is 12.6. The van der Waals surface area contributed by atoms with Crippen LogP contribution >= 0.6 is 22.7 Å². The Hall–Kier alpha value is -2.03. The summed E-state index contributed by atoms with van der Waals surface area (Å²) in [4.78, 5) is 36.7. The van der Waals surface area contributed by atoms with Gasteiger partial charge in [-0.1, -0.05) is 6.07 Å². The standard InChI is InChI=1S/C18H19N3O3S2/c1-10-14-16(22)19-13(20-17(14)26-15(10)18(23)24-2)9-21-7-3-5-11(21)12-6-4-8-25-12/h4,6,8,11H,3,5,7,9H2,1-2H3,(H,19,20,22)/t11-/m0/s1. The molecule has 1 N–H and O–H groups in total. The van der Waals surface area contributed by atoms with E-state index in [-0.39, 0.29) is 5.56 Å². The van der Waals surface area contributed by atoms with Gasteiger partial charge in [0.25, 0.3) is 5.56 Å². The molecule has 6 nitrogen and oxygen atoms in total. The van der Waals surface area contributed by atoms with Crippen molar-refractivity contribution in [3.63, 3.8) is 0 Å². The van der Waals surface area contributed by atoms with Crippen molar-refractivity contribution in [2.45, 2.75) is 32.4 Å². The van der Waals surface area contributed by atoms with Gasteiger partial charge >= 0.3 is 5.97 Å². The minimum Gasteiger partial charge on any atom is -0.465 e. The fourth-order valence-electron chi connectivity index (χ4n) is 3.56. The van der Waals surface area contributed by atoms with E-state index in [0.29, 0.717) is 39.1 Å². The first-order valence-corrected chi connectivity index (χ1v) is 10.2. The maximum Gasteiger partial charge on any atom is 0.348 e. The van der Waals surface area contributed by atoms with Crippen molar-refractivity contribution >= 4 is 38.9 Å². The average Bonchev–Trinajstić information content (AvgIpc) is 3.34. The van der Waals surface area contributed by atoms with Gasteiger partial charge in [-0.2, -0.15) is 0 Å². The summed E-state index contributed by atoms with van der Waals surface area (Å²) in [6, 6.07) is 4.62. The van der Waals surface area contributed by atoms with Crippen molar-refractivity contribution in [1.82, 2.24) is 14.9 Å². The molecule has 0 spiro atoms. The number of carbonyl (C=O) groups excluding carboxylic acids is 1. The van der Waals surface area contributed by atoms with Crippen LogP contribution < -0.4 is 5.56 Å². The molecular weight excluding hydrogens is 370 g/mol. The van der Waals surface area contributed by atoms with E-state index < -0.39 is 5.97 Å². The van der Waals surface area contributed by atoms with Crippen LogP contribution in [0.2, 0.25) is 0 Å². The van der Waals surface area contributed by atoms with Gasteiger partial charge in [0.2, 0.25) is 0 Å². The minimum absolute atomic E-state index is 0.194. The number of nitrogens with zero attached hydrogens (tertiary/aromatic N) is 2. The molecular formula is C18H19N3O3S2. The quantitative estimate of drug-likeness (QED) is 0.692. The van der Waals surface area contributed by atoms with Crippen LogP contribution in [0, 0.1) is 6.92 Å². The van der Waals surface area contributed by atoms with E-state index in [9.17, 15) is 9.59 Å². The molecule has 0 saturated carbocycles. The number of fused-ring (bicyclic) bond motifs is 1. The summed E-state index contributed by atoms with van der Waals surface area (Å²) in [5.41, 5.74) is 0.440. The Morgan fingerprint density at radius 3 is 3.08 bits per heavy atom. The highest BCUT2D eigenvalue weighted by Crippen LogP contribution is 2.35. The number of aromatic amines is 1. The highest BCUT2D eigenvalue weighted by atomic mass is 32.1. The van der Waals surface area contributed by atoms with E-state index in [1.165, 1.54) is 23.3 Å². The van der Waals surface area contributed by atoms with Crippen LogP contribution in [0.4, 0.5) is 0 Å². The average molecular weight is 390 g/mol. The van der Waals surface area contributed by atoms with Gasteiger partial charge in [0.1, 0.15) is 15.5 Å². The number of esters is 1. The summed E-state index contributed by atoms with van der Waals surface area (Å²) < 4.78 is 4.80. The lowest BCUT2D eigenvalue weighted by molar-refractivity contribution is 0.0605. The Kier molecular flexibility index (Phi) is 4.64. The molecule has 1 atom stereocenters. The molecule has 1 fully saturated rings. The van der Waals surface area contributed by atoms with Gasteiger partial charge < -0.3 is 9.72 Å². The Morgan fingerprint density at radius 2 is 2.35 bits per heavy atom. The number of likely N-dealkylation sites (tertiary alicyclic amines) is 1. The largest absolute Gasteiger partial charge is 0.465 e. The summed E-state index contributed by atoms with van der Waals surface area (Å²) in [5.74, 6) is 0.215. The third-order valence-corrected chi connectivity index (χ3v) is 6.95. The van der Waals surface area contributed by atoms with Crippen LogP contribution in [0.15, 0.2) is 22.3 Å². The fourth-order valence-corrected chi connectivity index (χ4v) is 5.58. The zero-order valence-electron chi connectivity index (χ0n) is 14.6. The van der Waals surface area contributed by atoms with Crippen LogP contribution in [0.5, 0.6) is 0 Å². The molecule has 26 heavy (non-hydrogen) atoms. The third-order valence-electron chi connectivity index (χ3n) is 4.81. The second-order valence-electron chi connectivity index (χ2n) is 6.38. The monoisotopic (exact) mass is 389 g/mol. The number of ether oxygens (including phenoxy) is 1. The zero-order valence-corrected chi connectivity index (χ0v) is 16.2. The van der Waals surface area contributed by atoms with Gasteiger partial charge in [0, 0.05) is 10.9 Å². The molecule has 0 aliphatic carbocycles. The van der Waals surface area contributed by atoms with E-state index in [1.807, 2.05) is 0 Å². The molecule has 4 rings (SSSR count). The van der Waals surface area contributed by atoms with Gasteiger partial charge in [-0.15, -0.1) is 22.7 Å². The number of H-pyrrole nitrogens is 1. The molecule has 0 aromatic carbocycles. The van der Waals surface area contributed by atoms with Gasteiger partial charge in [-0.3, -0.25) is 9.69 Å². The van der Waals surface area contributed by atoms with E-state index in [1.54, 1.807) is 18.3 Å². The molecule has 1 saturated heterocycles. The maximum atomic E-state index is 12.6. The number of hydrogen-bond donors (Lipinski definition) is 1. The number of hydrogen-bond acceptors (Lipinski definition) is 7. The van der Waals surface area contributed by atoms with Gasteiger partial charge in [0.15, 0.2) is 0 Å². The molecule has 0 unspecified atom stereocenters. The van der Waals surface area contributed by atoms with Crippen molar-refractivity contribution in [3.8, 4) is 0 Å². The lowest BCUT2D eigenvalue weighted by Crippen LogP contribution is -2.25. The number of nitrogens with one attached hydrogen (secondary N) is 1. The van der Waals surface area contributed by atoms with E-state index in [4.69, 9.17) is 4.74 Å². The van der Waals surface area contributed by atoms with Crippen molar-refractivity contribution in [3.05, 3.63) is 49.0 Å². The molecule has 4 heterocycles. The van der Waals surface area contributed by atoms with Crippen LogP contribution in [0.3, 0.4) is 0 Å². The highest BCUT2D eigenvalue weighted by Gasteiger charge is 2.28. The van der Waals surface area contributed by atoms with Gasteiger partial charge in [-0.05, 0) is 43.3 Å². The van der Waals surface area contributed by atoms with Gasteiger partial charge in [0.05, 0.1) is 19.0 Å². The zero-order chi connectivity index (χ0) is 18.3. The summed E-state index contributed by atoms with van der Waals surface area (Å²) in [6.45, 7) is 3.34. The lowest BCUT2D eigenvalue weighted by Gasteiger charge is -2.22. The predicted octanol–water partition coefficient (Wildman–Crippen LogP) is 3.48. The summed E-state index contributed by atoms with van der Waals surface area (Å²) in [6.07, 6.45) is 2.26. The molecule has 3 aromatic heterocycles. The Balaban J connectivity index is 1.67. The maximum absolute atomic E-state index is 12.6. The SMILES string of the molecule is COC(=O)c1sc2nc(CN3CCC[C@H]3c3cccs3)[nH]c(=O)c2c1C. The van der Waals surface area contributed by atoms with Crippen molar-refractivity contribution in [1.29, 1.82) is 0 Å². The Labute approximate surface area is 158 Å². The normalized spacial score (nSPS) is 17.8. The third kappa shape index (κ3) is 2.98. The molecule has 0 amide bonds. The van der Waals surface area contributed by atoms with Crippen LogP contribution in [-0.2, 0) is 11.3 Å². The number of thiophene rings is 2. The van der Waals surface area contributed by atoms with Crippen molar-refractivity contribution in [2.75, 3.05) is 13.7 Å². The van der Waals surface area contributed by atoms with Crippen LogP contribution in [0.25, 0.3) is 10.2 Å². The second kappa shape index (κ2) is 6.94. The van der Waals surface area contributed by atoms with Crippen LogP contribution in [0.1, 0.15) is 44.8 Å². The number of aromatic nitrogens is 2. The number of carbonyl (C=O) groups is 1. The number of aryl methyl sites for hydroxylation is 1. The highest BCUT2D eigenvalue weighted by molar-refractivity contribution is 7.20. The molecule has 3 aromatic rings. The summed E-state index contributed by atoms with van der Waals surface area (Å²) in [5, 5.41) is 2.58. The fraction of sp³-hybridized carbons (Fsp3) is 0.389. The van der Waals surface area contributed by atoms with Gasteiger partial charge in [-0.25, -0.2) is 9.78 Å². The summed E-state index contributed by atoms with van der Waals surface area (Å²) in [7, 11) is 1.34. The first kappa shape index (κ1) is 17.4. The van der Waals surface area contributed by atoms with Crippen LogP contribution in [-0.4, -0.2) is 34.5 Å². The van der Waals surface area contributed by atoms with E-state index in [2.05, 4.69) is 32.4 Å². The molecule has 8 heteroatoms. The molecule has 0 radical (unpaired) electrons. The first-order valence-electron chi connectivity index (χ1n) is 8.46. The van der Waals surface area contributed by atoms with Crippen molar-refractivity contribution in [2.24, 2.45) is 0 Å². The van der Waals surface area contributed by atoms with E-state index >= 15 is 0 Å². The summed E-state index contributed by atoms with van der Waals surface area (Å²) >= 11 is 2.99. The molecule has 1 aliphatic heterocycles. The predicted molar refractivity (Wildman–Crippen MR) is 103 cm³/mol. The molecule has 0 bridgehead atoms. The Morgan fingerprint density at radius 1 is 1.50 bits per heavy atom. The van der Waals surface area contributed by atoms with E-state index in [0.717, 1.165) is 19.4 Å². The number of methoxy groups -OCH3 is 1. The van der Waals surface area contributed by atoms with Crippen molar-refractivity contribution < 1.29 is 9.53 Å². The topological polar surface area (TPSA) is 75.3 Å². The molecule has 1 aliphatic rings. The second-order valence-corrected chi connectivity index (χ2v) is 8.36. The lowest BCUT2D eigenvalue weighted by atomic mass is 10.2.